The number of hydrogen-bond donors (Lipinski definition) is 2. The van der Waals surface area contributed by atoms with E-state index in [-0.39, 0.29) is 34.7 Å². The molecule has 3 saturated carbocycles. The fourth-order valence-electron chi connectivity index (χ4n) is 7.24. The van der Waals surface area contributed by atoms with Crippen LogP contribution < -0.4 is 0 Å². The van der Waals surface area contributed by atoms with Crippen molar-refractivity contribution in [3.8, 4) is 0 Å². The van der Waals surface area contributed by atoms with Gasteiger partial charge in [-0.1, -0.05) is 25.2 Å². The van der Waals surface area contributed by atoms with Gasteiger partial charge < -0.3 is 14.9 Å². The molecule has 5 nitrogen and oxygen atoms in total. The van der Waals surface area contributed by atoms with Crippen LogP contribution in [0.25, 0.3) is 0 Å². The van der Waals surface area contributed by atoms with Crippen molar-refractivity contribution in [3.63, 3.8) is 0 Å². The Balaban J connectivity index is 1.61. The molecule has 1 heterocycles. The van der Waals surface area contributed by atoms with Crippen molar-refractivity contribution in [2.24, 2.45) is 22.7 Å². The first-order valence-corrected chi connectivity index (χ1v) is 9.82. The number of fused-ring (bicyclic) bond motifs is 3. The van der Waals surface area contributed by atoms with Gasteiger partial charge in [0, 0.05) is 10.8 Å². The molecular weight excluding hydrogens is 344 g/mol. The zero-order chi connectivity index (χ0) is 19.4. The van der Waals surface area contributed by atoms with Crippen LogP contribution in [0.15, 0.2) is 36.0 Å². The summed E-state index contributed by atoms with van der Waals surface area (Å²) in [6, 6.07) is 0. The molecule has 27 heavy (non-hydrogen) atoms. The molecule has 0 bridgehead atoms. The number of carbonyl (C=O) groups excluding carboxylic acids is 2. The summed E-state index contributed by atoms with van der Waals surface area (Å²) in [5.74, 6) is -0.282. The standard InChI is InChI=1S/C22H26O5/c1-12-8-16-15-5-4-13-9-14(24)6-7-19(13,2)22(15)18(27-22)10-20(16,3)21(12,26)17(25)11-23/h6-7,9,15-16,18,23,26H,1,4-5,8,10-11H2,2-3H3/t15-,16-,18-,19-,20-,21?,22+/m0/s1. The molecule has 1 unspecified atom stereocenters. The summed E-state index contributed by atoms with van der Waals surface area (Å²) in [4.78, 5) is 24.5. The number of aliphatic hydroxyl groups excluding tert-OH is 1. The van der Waals surface area contributed by atoms with E-state index in [1.54, 1.807) is 12.2 Å². The van der Waals surface area contributed by atoms with Gasteiger partial charge in [0.1, 0.15) is 12.2 Å². The normalized spacial score (nSPS) is 52.4. The van der Waals surface area contributed by atoms with E-state index < -0.39 is 23.4 Å². The summed E-state index contributed by atoms with van der Waals surface area (Å²) in [5, 5.41) is 20.9. The second kappa shape index (κ2) is 4.88. The lowest BCUT2D eigenvalue weighted by Gasteiger charge is -2.55. The molecule has 0 aromatic heterocycles. The Morgan fingerprint density at radius 3 is 2.81 bits per heavy atom. The molecule has 1 aliphatic heterocycles. The number of ketones is 2. The molecule has 2 N–H and O–H groups in total. The first kappa shape index (κ1) is 17.5. The molecule has 0 aromatic rings. The highest BCUT2D eigenvalue weighted by atomic mass is 16.6. The number of epoxide rings is 1. The minimum atomic E-state index is -1.69. The molecule has 7 atom stereocenters. The Morgan fingerprint density at radius 1 is 1.37 bits per heavy atom. The van der Waals surface area contributed by atoms with Gasteiger partial charge in [0.05, 0.1) is 6.10 Å². The Bertz CT molecular complexity index is 855. The third-order valence-corrected chi connectivity index (χ3v) is 8.68. The average Bonchev–Trinajstić information content (AvgIpc) is 3.31. The van der Waals surface area contributed by atoms with Crippen molar-refractivity contribution in [3.05, 3.63) is 36.0 Å². The van der Waals surface area contributed by atoms with Gasteiger partial charge in [-0.25, -0.2) is 0 Å². The van der Waals surface area contributed by atoms with Crippen molar-refractivity contribution >= 4 is 11.6 Å². The number of hydrogen-bond acceptors (Lipinski definition) is 5. The SMILES string of the molecule is C=C1C[C@H]2[C@@H]3CCC4=CC(=O)C=C[C@]4(C)[C@@]34O[C@H]4C[C@]2(C)C1(O)C(=O)CO. The molecule has 0 radical (unpaired) electrons. The van der Waals surface area contributed by atoms with Crippen LogP contribution in [0, 0.1) is 22.7 Å². The number of Topliss-reactive ketones (excluding diaryl/α,β-unsaturated/α-hetero) is 1. The Morgan fingerprint density at radius 2 is 2.11 bits per heavy atom. The highest BCUT2D eigenvalue weighted by Crippen LogP contribution is 2.76. The number of aliphatic hydroxyl groups is 2. The van der Waals surface area contributed by atoms with Crippen molar-refractivity contribution in [2.75, 3.05) is 6.61 Å². The monoisotopic (exact) mass is 370 g/mol. The summed E-state index contributed by atoms with van der Waals surface area (Å²) < 4.78 is 6.40. The van der Waals surface area contributed by atoms with E-state index >= 15 is 0 Å². The highest BCUT2D eigenvalue weighted by molar-refractivity contribution is 6.01. The highest BCUT2D eigenvalue weighted by Gasteiger charge is 2.81. The smallest absolute Gasteiger partial charge is 0.194 e. The van der Waals surface area contributed by atoms with Gasteiger partial charge in [-0.2, -0.15) is 0 Å². The van der Waals surface area contributed by atoms with Crippen LogP contribution in [-0.2, 0) is 14.3 Å². The van der Waals surface area contributed by atoms with Gasteiger partial charge in [0.25, 0.3) is 0 Å². The zero-order valence-electron chi connectivity index (χ0n) is 15.8. The molecule has 4 aliphatic carbocycles. The Hall–Kier alpha value is -1.56. The predicted molar refractivity (Wildman–Crippen MR) is 97.7 cm³/mol. The van der Waals surface area contributed by atoms with Crippen molar-refractivity contribution in [2.45, 2.75) is 56.8 Å². The molecule has 1 spiro atoms. The summed E-state index contributed by atoms with van der Waals surface area (Å²) in [5.41, 5.74) is -1.42. The summed E-state index contributed by atoms with van der Waals surface area (Å²) in [6.45, 7) is 7.47. The Labute approximate surface area is 158 Å². The lowest BCUT2D eigenvalue weighted by Crippen LogP contribution is -2.61. The first-order chi connectivity index (χ1) is 12.6. The van der Waals surface area contributed by atoms with Gasteiger partial charge in [-0.05, 0) is 62.2 Å². The molecule has 0 amide bonds. The largest absolute Gasteiger partial charge is 0.388 e. The molecular formula is C22H26O5. The number of carbonyl (C=O) groups is 2. The van der Waals surface area contributed by atoms with E-state index in [2.05, 4.69) is 13.5 Å². The van der Waals surface area contributed by atoms with Crippen LogP contribution in [0.2, 0.25) is 0 Å². The van der Waals surface area contributed by atoms with Gasteiger partial charge in [0.2, 0.25) is 0 Å². The maximum atomic E-state index is 12.6. The minimum Gasteiger partial charge on any atom is -0.388 e. The molecule has 5 rings (SSSR count). The lowest BCUT2D eigenvalue weighted by molar-refractivity contribution is -0.154. The molecule has 144 valence electrons. The van der Waals surface area contributed by atoms with Crippen LogP contribution in [0.1, 0.15) is 39.5 Å². The molecule has 1 saturated heterocycles. The predicted octanol–water partition coefficient (Wildman–Crippen LogP) is 1.88. The van der Waals surface area contributed by atoms with Crippen LogP contribution in [0.4, 0.5) is 0 Å². The number of allylic oxidation sites excluding steroid dienone is 2. The van der Waals surface area contributed by atoms with E-state index in [4.69, 9.17) is 4.74 Å². The van der Waals surface area contributed by atoms with Crippen LogP contribution in [-0.4, -0.2) is 45.7 Å². The van der Waals surface area contributed by atoms with Gasteiger partial charge in [-0.15, -0.1) is 0 Å². The fraction of sp³-hybridized carbons (Fsp3) is 0.636. The molecule has 5 aliphatic rings. The van der Waals surface area contributed by atoms with E-state index in [0.29, 0.717) is 18.4 Å². The van der Waals surface area contributed by atoms with Crippen LogP contribution in [0.5, 0.6) is 0 Å². The lowest BCUT2D eigenvalue weighted by atomic mass is 9.47. The van der Waals surface area contributed by atoms with Crippen molar-refractivity contribution in [1.29, 1.82) is 0 Å². The fourth-order valence-corrected chi connectivity index (χ4v) is 7.24. The maximum absolute atomic E-state index is 12.6. The van der Waals surface area contributed by atoms with E-state index in [1.165, 1.54) is 0 Å². The third-order valence-electron chi connectivity index (χ3n) is 8.68. The van der Waals surface area contributed by atoms with Crippen LogP contribution >= 0.6 is 0 Å². The second-order valence-electron chi connectivity index (χ2n) is 9.48. The second-order valence-corrected chi connectivity index (χ2v) is 9.48. The van der Waals surface area contributed by atoms with E-state index in [9.17, 15) is 19.8 Å². The quantitative estimate of drug-likeness (QED) is 0.573. The average molecular weight is 370 g/mol. The van der Waals surface area contributed by atoms with Crippen molar-refractivity contribution < 1.29 is 24.5 Å². The van der Waals surface area contributed by atoms with Gasteiger partial charge in [-0.3, -0.25) is 9.59 Å². The zero-order valence-corrected chi connectivity index (χ0v) is 15.8. The molecule has 4 fully saturated rings. The van der Waals surface area contributed by atoms with E-state index in [0.717, 1.165) is 18.4 Å². The number of ether oxygens (including phenoxy) is 1. The van der Waals surface area contributed by atoms with Crippen LogP contribution in [0.3, 0.4) is 0 Å². The summed E-state index contributed by atoms with van der Waals surface area (Å²) >= 11 is 0. The Kier molecular flexibility index (Phi) is 3.17. The summed E-state index contributed by atoms with van der Waals surface area (Å²) in [7, 11) is 0. The molecule has 0 aromatic carbocycles. The van der Waals surface area contributed by atoms with E-state index in [1.807, 2.05) is 13.0 Å². The maximum Gasteiger partial charge on any atom is 0.194 e. The van der Waals surface area contributed by atoms with Gasteiger partial charge in [0.15, 0.2) is 17.2 Å². The summed E-state index contributed by atoms with van der Waals surface area (Å²) in [6.07, 6.45) is 8.16. The molecule has 5 heteroatoms. The minimum absolute atomic E-state index is 0.0346. The first-order valence-electron chi connectivity index (χ1n) is 9.82. The topological polar surface area (TPSA) is 87.1 Å². The van der Waals surface area contributed by atoms with Gasteiger partial charge >= 0.3 is 0 Å². The van der Waals surface area contributed by atoms with Crippen molar-refractivity contribution in [1.82, 2.24) is 0 Å². The number of rotatable bonds is 2. The third kappa shape index (κ3) is 1.69.